The van der Waals surface area contributed by atoms with Gasteiger partial charge in [-0.1, -0.05) is 48.5 Å². The molecule has 0 radical (unpaired) electrons. The van der Waals surface area contributed by atoms with E-state index in [9.17, 15) is 0 Å². The molecule has 1 N–H and O–H groups in total. The Kier molecular flexibility index (Phi) is 8.70. The van der Waals surface area contributed by atoms with Gasteiger partial charge in [0.1, 0.15) is 0 Å². The summed E-state index contributed by atoms with van der Waals surface area (Å²) in [5.41, 5.74) is 1.00. The zero-order valence-corrected chi connectivity index (χ0v) is 15.2. The molecule has 2 aliphatic rings. The second-order valence-electron chi connectivity index (χ2n) is 6.16. The molecule has 2 fully saturated rings. The normalized spacial score (nSPS) is 20.0. The van der Waals surface area contributed by atoms with Gasteiger partial charge in [-0.25, -0.2) is 0 Å². The third-order valence-electron chi connectivity index (χ3n) is 4.52. The molecule has 3 nitrogen and oxygen atoms in total. The van der Waals surface area contributed by atoms with Crippen molar-refractivity contribution in [1.82, 2.24) is 4.90 Å². The molecule has 1 aliphatic carbocycles. The summed E-state index contributed by atoms with van der Waals surface area (Å²) in [6.07, 6.45) is 7.84. The van der Waals surface area contributed by atoms with E-state index in [1.807, 2.05) is 6.07 Å². The topological polar surface area (TPSA) is 32.7 Å². The van der Waals surface area contributed by atoms with E-state index in [-0.39, 0.29) is 6.61 Å². The average Bonchev–Trinajstić information content (AvgIpc) is 2.61. The number of benzene rings is 1. The molecular weight excluding hydrogens is 333 g/mol. The van der Waals surface area contributed by atoms with Crippen LogP contribution in [0.1, 0.15) is 37.7 Å². The van der Waals surface area contributed by atoms with E-state index in [4.69, 9.17) is 33.0 Å². The van der Waals surface area contributed by atoms with E-state index in [0.717, 1.165) is 24.8 Å². The maximum Gasteiger partial charge on any atom is 0.0595 e. The van der Waals surface area contributed by atoms with Crippen molar-refractivity contribution in [2.75, 3.05) is 32.9 Å². The summed E-state index contributed by atoms with van der Waals surface area (Å²) in [7, 11) is 0. The minimum atomic E-state index is 0.137. The Hall–Kier alpha value is -0.320. The van der Waals surface area contributed by atoms with Gasteiger partial charge in [-0.3, -0.25) is 4.90 Å². The smallest absolute Gasteiger partial charge is 0.0595 e. The van der Waals surface area contributed by atoms with Gasteiger partial charge in [0.05, 0.1) is 23.3 Å². The van der Waals surface area contributed by atoms with Crippen molar-refractivity contribution in [2.45, 2.75) is 44.6 Å². The van der Waals surface area contributed by atoms with E-state index in [2.05, 4.69) is 4.90 Å². The lowest BCUT2D eigenvalue weighted by Crippen LogP contribution is -2.44. The van der Waals surface area contributed by atoms with E-state index in [1.165, 1.54) is 45.2 Å². The molecule has 0 amide bonds. The summed E-state index contributed by atoms with van der Waals surface area (Å²) >= 11 is 11.4. The van der Waals surface area contributed by atoms with Crippen LogP contribution in [0.5, 0.6) is 0 Å². The van der Waals surface area contributed by atoms with Crippen LogP contribution >= 0.6 is 23.2 Å². The second-order valence-corrected chi connectivity index (χ2v) is 6.98. The lowest BCUT2D eigenvalue weighted by molar-refractivity contribution is 0.00858. The van der Waals surface area contributed by atoms with Crippen molar-refractivity contribution >= 4 is 23.2 Å². The van der Waals surface area contributed by atoms with Gasteiger partial charge >= 0.3 is 0 Å². The number of hydrogen-bond donors (Lipinski definition) is 1. The first-order valence-corrected chi connectivity index (χ1v) is 9.33. The molecule has 1 aliphatic heterocycles. The highest BCUT2D eigenvalue weighted by Crippen LogP contribution is 2.23. The van der Waals surface area contributed by atoms with E-state index in [0.29, 0.717) is 16.5 Å². The monoisotopic (exact) mass is 359 g/mol. The molecule has 5 heteroatoms. The van der Waals surface area contributed by atoms with Crippen LogP contribution in [0.2, 0.25) is 10.0 Å². The first-order chi connectivity index (χ1) is 11.2. The van der Waals surface area contributed by atoms with E-state index >= 15 is 0 Å². The number of rotatable bonds is 3. The Balaban J connectivity index is 0.000000168. The van der Waals surface area contributed by atoms with Crippen LogP contribution in [-0.4, -0.2) is 49.0 Å². The molecule has 1 aromatic carbocycles. The Morgan fingerprint density at radius 1 is 1.04 bits per heavy atom. The highest BCUT2D eigenvalue weighted by atomic mass is 35.5. The van der Waals surface area contributed by atoms with Gasteiger partial charge in [0.25, 0.3) is 0 Å². The van der Waals surface area contributed by atoms with Crippen LogP contribution in [0.3, 0.4) is 0 Å². The molecule has 0 bridgehead atoms. The second kappa shape index (κ2) is 10.5. The Bertz CT molecular complexity index is 442. The zero-order valence-electron chi connectivity index (χ0n) is 13.6. The van der Waals surface area contributed by atoms with Gasteiger partial charge in [0, 0.05) is 25.7 Å². The van der Waals surface area contributed by atoms with Gasteiger partial charge in [0.15, 0.2) is 0 Å². The lowest BCUT2D eigenvalue weighted by atomic mass is 9.94. The lowest BCUT2D eigenvalue weighted by Gasteiger charge is -2.36. The van der Waals surface area contributed by atoms with Gasteiger partial charge in [-0.15, -0.1) is 0 Å². The molecule has 0 spiro atoms. The van der Waals surface area contributed by atoms with Gasteiger partial charge < -0.3 is 9.84 Å². The van der Waals surface area contributed by atoms with E-state index in [1.54, 1.807) is 12.1 Å². The maximum atomic E-state index is 8.60. The molecule has 1 heterocycles. The SMILES string of the molecule is C1CCC(N2CCOCC2)CC1.OCCc1ccc(Cl)c(Cl)c1. The van der Waals surface area contributed by atoms with Crippen molar-refractivity contribution in [3.05, 3.63) is 33.8 Å². The molecule has 130 valence electrons. The molecule has 3 rings (SSSR count). The molecular formula is C18H27Cl2NO2. The number of nitrogens with zero attached hydrogens (tertiary/aromatic N) is 1. The van der Waals surface area contributed by atoms with Crippen molar-refractivity contribution in [1.29, 1.82) is 0 Å². The van der Waals surface area contributed by atoms with Gasteiger partial charge in [-0.05, 0) is 37.0 Å². The number of aliphatic hydroxyl groups is 1. The largest absolute Gasteiger partial charge is 0.396 e. The van der Waals surface area contributed by atoms with Crippen molar-refractivity contribution in [2.24, 2.45) is 0 Å². The predicted octanol–water partition coefficient (Wildman–Crippen LogP) is 4.18. The van der Waals surface area contributed by atoms with Crippen LogP contribution in [0.4, 0.5) is 0 Å². The number of aliphatic hydroxyl groups excluding tert-OH is 1. The minimum Gasteiger partial charge on any atom is -0.396 e. The Morgan fingerprint density at radius 3 is 2.35 bits per heavy atom. The zero-order chi connectivity index (χ0) is 16.5. The molecule has 0 atom stereocenters. The molecule has 0 aromatic heterocycles. The Morgan fingerprint density at radius 2 is 1.74 bits per heavy atom. The molecule has 1 saturated heterocycles. The first-order valence-electron chi connectivity index (χ1n) is 8.57. The average molecular weight is 360 g/mol. The fourth-order valence-electron chi connectivity index (χ4n) is 3.21. The first kappa shape index (κ1) is 19.0. The van der Waals surface area contributed by atoms with Gasteiger partial charge in [-0.2, -0.15) is 0 Å². The minimum absolute atomic E-state index is 0.137. The third kappa shape index (κ3) is 6.60. The Labute approximate surface area is 149 Å². The van der Waals surface area contributed by atoms with Crippen LogP contribution in [0.25, 0.3) is 0 Å². The number of hydrogen-bond acceptors (Lipinski definition) is 3. The number of morpholine rings is 1. The molecule has 1 aromatic rings. The summed E-state index contributed by atoms with van der Waals surface area (Å²) < 4.78 is 5.35. The summed E-state index contributed by atoms with van der Waals surface area (Å²) in [5, 5.41) is 9.69. The van der Waals surface area contributed by atoms with Crippen LogP contribution in [0.15, 0.2) is 18.2 Å². The van der Waals surface area contributed by atoms with Gasteiger partial charge in [0.2, 0.25) is 0 Å². The highest BCUT2D eigenvalue weighted by molar-refractivity contribution is 6.42. The maximum absolute atomic E-state index is 8.60. The van der Waals surface area contributed by atoms with Crippen LogP contribution < -0.4 is 0 Å². The summed E-state index contributed by atoms with van der Waals surface area (Å²) in [5.74, 6) is 0. The van der Waals surface area contributed by atoms with Crippen molar-refractivity contribution in [3.8, 4) is 0 Å². The standard InChI is InChI=1S/C10H19NO.C8H8Cl2O/c1-2-4-10(5-3-1)11-6-8-12-9-7-11;9-7-2-1-6(3-4-11)5-8(7)10/h10H,1-9H2;1-2,5,11H,3-4H2. The summed E-state index contributed by atoms with van der Waals surface area (Å²) in [6, 6.07) is 6.24. The molecule has 1 saturated carbocycles. The molecule has 23 heavy (non-hydrogen) atoms. The van der Waals surface area contributed by atoms with E-state index < -0.39 is 0 Å². The predicted molar refractivity (Wildman–Crippen MR) is 96.5 cm³/mol. The summed E-state index contributed by atoms with van der Waals surface area (Å²) in [6.45, 7) is 4.39. The van der Waals surface area contributed by atoms with Crippen LogP contribution in [-0.2, 0) is 11.2 Å². The fraction of sp³-hybridized carbons (Fsp3) is 0.667. The quantitative estimate of drug-likeness (QED) is 0.878. The molecule has 0 unspecified atom stereocenters. The summed E-state index contributed by atoms with van der Waals surface area (Å²) in [4.78, 5) is 2.63. The third-order valence-corrected chi connectivity index (χ3v) is 5.26. The van der Waals surface area contributed by atoms with Crippen molar-refractivity contribution < 1.29 is 9.84 Å². The highest BCUT2D eigenvalue weighted by Gasteiger charge is 2.22. The fourth-order valence-corrected chi connectivity index (χ4v) is 3.53. The number of ether oxygens (including phenoxy) is 1. The number of halogens is 2. The van der Waals surface area contributed by atoms with Crippen molar-refractivity contribution in [3.63, 3.8) is 0 Å². The van der Waals surface area contributed by atoms with Crippen LogP contribution in [0, 0.1) is 0 Å².